The maximum absolute atomic E-state index is 14.5. The fraction of sp³-hybridized carbons (Fsp3) is 0.400. The number of amides is 5. The van der Waals surface area contributed by atoms with Crippen molar-refractivity contribution in [1.29, 1.82) is 0 Å². The van der Waals surface area contributed by atoms with E-state index in [0.29, 0.717) is 28.0 Å². The molecule has 2 N–H and O–H groups in total. The fourth-order valence-electron chi connectivity index (χ4n) is 9.21. The van der Waals surface area contributed by atoms with Gasteiger partial charge in [-0.15, -0.1) is 16.9 Å². The van der Waals surface area contributed by atoms with Gasteiger partial charge in [0, 0.05) is 78.1 Å². The van der Waals surface area contributed by atoms with Crippen LogP contribution < -0.4 is 10.6 Å². The van der Waals surface area contributed by atoms with E-state index in [0.717, 1.165) is 0 Å². The van der Waals surface area contributed by atoms with Crippen LogP contribution >= 0.6 is 11.8 Å². The average molecular weight is 1030 g/mol. The number of hydrogen-bond acceptors (Lipinski definition) is 19. The number of likely N-dealkylation sites (tertiary alicyclic amines) is 2. The Morgan fingerprint density at radius 1 is 0.808 bits per heavy atom. The number of nitrogens with zero attached hydrogens (tertiary/aromatic N) is 10. The van der Waals surface area contributed by atoms with Crippen molar-refractivity contribution in [2.24, 2.45) is 11.8 Å². The molecule has 1 aromatic heterocycles. The van der Waals surface area contributed by atoms with E-state index in [4.69, 9.17) is 14.2 Å². The maximum Gasteiger partial charge on any atom is 0.410 e. The van der Waals surface area contributed by atoms with Gasteiger partial charge in [-0.3, -0.25) is 49.6 Å². The molecule has 4 aliphatic rings. The summed E-state index contributed by atoms with van der Waals surface area (Å²) in [6, 6.07) is 13.3. The number of hydrogen-bond donors (Lipinski definition) is 2. The normalized spacial score (nSPS) is 21.5. The molecule has 4 aromatic rings. The van der Waals surface area contributed by atoms with Gasteiger partial charge in [-0.25, -0.2) is 19.1 Å². The standard InChI is InChI=1S/C45H46N12O15S/c1-25-38-37(26(2)47-36(58)20-52-24-46-49-50-52)42(60)54(38)39(43(61)70-21-27-3-9-31(10-4-27)55(64)65)40(25)73-34-17-35(53(19-34)45(63)72-23-29-7-13-33(14-8-29)57(68)69)41(59)51-16-15-30(18-51)48-44(62)71-22-28-5-11-32(12-6-28)56(66)67/h3-14,24-26,30,34-35,37-38H,15-23H2,1-2H3,(H,47,58)(H,48,62)/t25-,26?,30-,34+,35+,37-,38-/m1/s1. The van der Waals surface area contributed by atoms with Crippen LogP contribution in [-0.4, -0.2) is 135 Å². The van der Waals surface area contributed by atoms with Gasteiger partial charge >= 0.3 is 18.2 Å². The van der Waals surface area contributed by atoms with Crippen LogP contribution in [0.4, 0.5) is 26.7 Å². The summed E-state index contributed by atoms with van der Waals surface area (Å²) in [6.07, 6.45) is 0.00129. The van der Waals surface area contributed by atoms with E-state index in [1.807, 2.05) is 6.92 Å². The fourth-order valence-corrected chi connectivity index (χ4v) is 10.7. The average Bonchev–Trinajstić information content (AvgIpc) is 4.19. The highest BCUT2D eigenvalue weighted by Gasteiger charge is 2.61. The number of tetrazole rings is 1. The monoisotopic (exact) mass is 1030 g/mol. The number of nitro benzene ring substituents is 3. The number of nitro groups is 3. The van der Waals surface area contributed by atoms with Crippen LogP contribution in [0.5, 0.6) is 0 Å². The van der Waals surface area contributed by atoms with Crippen molar-refractivity contribution in [2.75, 3.05) is 19.6 Å². The van der Waals surface area contributed by atoms with Gasteiger partial charge in [-0.05, 0) is 83.3 Å². The molecule has 3 saturated heterocycles. The third-order valence-electron chi connectivity index (χ3n) is 12.8. The highest BCUT2D eigenvalue weighted by molar-refractivity contribution is 8.03. The van der Waals surface area contributed by atoms with Crippen LogP contribution in [0.15, 0.2) is 89.7 Å². The molecule has 4 aliphatic heterocycles. The molecule has 5 amide bonds. The number of thioether (sulfide) groups is 1. The molecule has 3 fully saturated rings. The summed E-state index contributed by atoms with van der Waals surface area (Å²) in [4.78, 5) is 119. The molecule has 73 heavy (non-hydrogen) atoms. The second-order valence-corrected chi connectivity index (χ2v) is 19.0. The smallest absolute Gasteiger partial charge is 0.410 e. The SMILES string of the molecule is CC(NC(=O)Cn1cnnn1)[C@H]1C(=O)N2C(C(=O)OCc3ccc([N+](=O)[O-])cc3)=C(S[C@H]3C[C@@H](C(=O)N4CC[C@@H](NC(=O)OCc5ccc([N+](=O)[O-])cc5)C4)N(C(=O)OCc4ccc([N+](=O)[O-])cc4)C3)[C@H](C)[C@H]12. The van der Waals surface area contributed by atoms with Crippen LogP contribution in [0.25, 0.3) is 0 Å². The van der Waals surface area contributed by atoms with Crippen LogP contribution in [0.2, 0.25) is 0 Å². The van der Waals surface area contributed by atoms with Gasteiger partial charge in [0.1, 0.15) is 44.4 Å². The van der Waals surface area contributed by atoms with Gasteiger partial charge in [0.2, 0.25) is 17.7 Å². The Morgan fingerprint density at radius 3 is 1.92 bits per heavy atom. The number of fused-ring (bicyclic) bond motifs is 1. The van der Waals surface area contributed by atoms with Gasteiger partial charge in [0.25, 0.3) is 17.1 Å². The summed E-state index contributed by atoms with van der Waals surface area (Å²) < 4.78 is 17.9. The summed E-state index contributed by atoms with van der Waals surface area (Å²) in [6.45, 7) is 2.68. The Morgan fingerprint density at radius 2 is 1.37 bits per heavy atom. The van der Waals surface area contributed by atoms with Crippen LogP contribution in [0.3, 0.4) is 0 Å². The quantitative estimate of drug-likeness (QED) is 0.0474. The van der Waals surface area contributed by atoms with Gasteiger partial charge in [-0.2, -0.15) is 0 Å². The molecule has 8 rings (SSSR count). The number of non-ortho nitro benzene ring substituents is 3. The van der Waals surface area contributed by atoms with Crippen LogP contribution in [-0.2, 0) is 59.8 Å². The lowest BCUT2D eigenvalue weighted by Gasteiger charge is -2.47. The number of carbonyl (C=O) groups excluding carboxylic acids is 6. The first-order chi connectivity index (χ1) is 34.9. The molecule has 0 aliphatic carbocycles. The number of rotatable bonds is 18. The predicted molar refractivity (Wildman–Crippen MR) is 250 cm³/mol. The highest BCUT2D eigenvalue weighted by atomic mass is 32.2. The summed E-state index contributed by atoms with van der Waals surface area (Å²) in [5.41, 5.74) is 0.865. The zero-order valence-electron chi connectivity index (χ0n) is 38.9. The number of esters is 1. The number of aromatic nitrogens is 4. The van der Waals surface area contributed by atoms with E-state index in [1.54, 1.807) is 6.92 Å². The highest BCUT2D eigenvalue weighted by Crippen LogP contribution is 2.52. The summed E-state index contributed by atoms with van der Waals surface area (Å²) >= 11 is 1.19. The Labute approximate surface area is 417 Å². The van der Waals surface area contributed by atoms with Crippen LogP contribution in [0.1, 0.15) is 43.4 Å². The van der Waals surface area contributed by atoms with Gasteiger partial charge in [0.05, 0.1) is 32.8 Å². The van der Waals surface area contributed by atoms with E-state index in [1.165, 1.54) is 110 Å². The van der Waals surface area contributed by atoms with Crippen molar-refractivity contribution < 1.29 is 57.7 Å². The number of β-lactam (4-membered cyclic amide) rings is 1. The largest absolute Gasteiger partial charge is 0.456 e. The second-order valence-electron chi connectivity index (χ2n) is 17.6. The third-order valence-corrected chi connectivity index (χ3v) is 14.3. The van der Waals surface area contributed by atoms with Gasteiger partial charge < -0.3 is 34.6 Å². The van der Waals surface area contributed by atoms with E-state index >= 15 is 0 Å². The molecule has 3 aromatic carbocycles. The lowest BCUT2D eigenvalue weighted by molar-refractivity contribution is -0.385. The molecule has 0 bridgehead atoms. The zero-order valence-corrected chi connectivity index (χ0v) is 39.7. The molecule has 0 saturated carbocycles. The van der Waals surface area contributed by atoms with Gasteiger partial charge in [-0.1, -0.05) is 6.92 Å². The predicted octanol–water partition coefficient (Wildman–Crippen LogP) is 3.37. The van der Waals surface area contributed by atoms with Crippen molar-refractivity contribution in [3.8, 4) is 0 Å². The summed E-state index contributed by atoms with van der Waals surface area (Å²) in [5, 5.41) is 49.2. The van der Waals surface area contributed by atoms with E-state index in [2.05, 4.69) is 26.2 Å². The lowest BCUT2D eigenvalue weighted by atomic mass is 9.78. The summed E-state index contributed by atoms with van der Waals surface area (Å²) in [5.74, 6) is -3.58. The molecule has 7 atom stereocenters. The molecular weight excluding hydrogens is 981 g/mol. The minimum Gasteiger partial charge on any atom is -0.456 e. The first kappa shape index (κ1) is 50.8. The lowest BCUT2D eigenvalue weighted by Crippen LogP contribution is -2.66. The molecule has 1 unspecified atom stereocenters. The molecule has 0 radical (unpaired) electrons. The molecule has 0 spiro atoms. The molecule has 28 heteroatoms. The summed E-state index contributed by atoms with van der Waals surface area (Å²) in [7, 11) is 0. The molecule has 382 valence electrons. The van der Waals surface area contributed by atoms with E-state index in [-0.39, 0.29) is 75.2 Å². The maximum atomic E-state index is 14.5. The molecule has 5 heterocycles. The first-order valence-corrected chi connectivity index (χ1v) is 23.6. The van der Waals surface area contributed by atoms with Crippen molar-refractivity contribution in [3.63, 3.8) is 0 Å². The van der Waals surface area contributed by atoms with Crippen molar-refractivity contribution in [2.45, 2.75) is 82.5 Å². The van der Waals surface area contributed by atoms with Crippen molar-refractivity contribution in [1.82, 2.24) is 45.5 Å². The van der Waals surface area contributed by atoms with Gasteiger partial charge in [0.15, 0.2) is 0 Å². The molecule has 27 nitrogen and oxygen atoms in total. The minimum atomic E-state index is -1.11. The number of nitrogens with one attached hydrogen (secondary N) is 2. The number of carbonyl (C=O) groups is 6. The zero-order chi connectivity index (χ0) is 52.1. The number of ether oxygens (including phenoxy) is 3. The Balaban J connectivity index is 0.996. The van der Waals surface area contributed by atoms with E-state index in [9.17, 15) is 59.1 Å². The molecular formula is C45H46N12O15S. The van der Waals surface area contributed by atoms with E-state index < -0.39 is 91.9 Å². The Bertz CT molecular complexity index is 2830. The Hall–Kier alpha value is -8.56. The Kier molecular flexibility index (Phi) is 15.2. The topological polar surface area (TPSA) is 337 Å². The third kappa shape index (κ3) is 11.5. The number of benzene rings is 3. The number of alkyl carbamates (subject to hydrolysis) is 1. The van der Waals surface area contributed by atoms with Crippen LogP contribution in [0, 0.1) is 42.2 Å². The van der Waals surface area contributed by atoms with Crippen molar-refractivity contribution in [3.05, 3.63) is 137 Å². The van der Waals surface area contributed by atoms with Crippen molar-refractivity contribution >= 4 is 64.7 Å². The minimum absolute atomic E-state index is 0.0506. The first-order valence-electron chi connectivity index (χ1n) is 22.7. The second kappa shape index (κ2) is 21.8.